The molecule has 0 bridgehead atoms. The number of carbonyl (C=O) groups excluding carboxylic acids is 1. The number of aliphatic carboxylic acids is 1. The SMILES string of the molecule is CCC(CC)(CC(=O)O)NC(=O)COCCOC. The molecule has 0 aromatic rings. The molecule has 2 N–H and O–H groups in total. The number of methoxy groups -OCH3 is 1. The Kier molecular flexibility index (Phi) is 8.32. The predicted molar refractivity (Wildman–Crippen MR) is 66.4 cm³/mol. The molecule has 0 aliphatic heterocycles. The molecule has 0 radical (unpaired) electrons. The van der Waals surface area contributed by atoms with Gasteiger partial charge in [0.2, 0.25) is 5.91 Å². The van der Waals surface area contributed by atoms with Crippen LogP contribution in [0.1, 0.15) is 33.1 Å². The summed E-state index contributed by atoms with van der Waals surface area (Å²) in [5.74, 6) is -1.21. The molecule has 6 heteroatoms. The van der Waals surface area contributed by atoms with Crippen LogP contribution in [-0.4, -0.2) is 49.5 Å². The summed E-state index contributed by atoms with van der Waals surface area (Å²) in [4.78, 5) is 22.5. The molecule has 0 aliphatic carbocycles. The van der Waals surface area contributed by atoms with Crippen LogP contribution in [0.3, 0.4) is 0 Å². The molecule has 0 unspecified atom stereocenters. The molecule has 0 spiro atoms. The van der Waals surface area contributed by atoms with E-state index < -0.39 is 11.5 Å². The van der Waals surface area contributed by atoms with E-state index in [0.717, 1.165) is 0 Å². The first kappa shape index (κ1) is 16.9. The first-order valence-corrected chi connectivity index (χ1v) is 6.09. The highest BCUT2D eigenvalue weighted by Gasteiger charge is 2.30. The van der Waals surface area contributed by atoms with Gasteiger partial charge in [0.05, 0.1) is 25.2 Å². The van der Waals surface area contributed by atoms with Crippen molar-refractivity contribution in [3.8, 4) is 0 Å². The number of nitrogens with one attached hydrogen (secondary N) is 1. The van der Waals surface area contributed by atoms with Gasteiger partial charge in [0.1, 0.15) is 6.61 Å². The summed E-state index contributed by atoms with van der Waals surface area (Å²) in [7, 11) is 1.55. The molecule has 18 heavy (non-hydrogen) atoms. The molecule has 0 heterocycles. The molecule has 0 aromatic heterocycles. The zero-order valence-electron chi connectivity index (χ0n) is 11.3. The first-order valence-electron chi connectivity index (χ1n) is 6.09. The van der Waals surface area contributed by atoms with Gasteiger partial charge in [-0.3, -0.25) is 9.59 Å². The average Bonchev–Trinajstić information content (AvgIpc) is 2.33. The van der Waals surface area contributed by atoms with Crippen molar-refractivity contribution in [3.05, 3.63) is 0 Å². The summed E-state index contributed by atoms with van der Waals surface area (Å²) in [5, 5.41) is 11.6. The third-order valence-corrected chi connectivity index (χ3v) is 2.91. The second-order valence-electron chi connectivity index (χ2n) is 4.15. The van der Waals surface area contributed by atoms with Crippen LogP contribution in [0.2, 0.25) is 0 Å². The van der Waals surface area contributed by atoms with Crippen molar-refractivity contribution in [1.82, 2.24) is 5.32 Å². The first-order chi connectivity index (χ1) is 8.49. The Morgan fingerprint density at radius 2 is 1.83 bits per heavy atom. The highest BCUT2D eigenvalue weighted by Crippen LogP contribution is 2.19. The zero-order valence-corrected chi connectivity index (χ0v) is 11.3. The minimum atomic E-state index is -0.917. The fourth-order valence-corrected chi connectivity index (χ4v) is 1.65. The Morgan fingerprint density at radius 1 is 1.22 bits per heavy atom. The van der Waals surface area contributed by atoms with Crippen LogP contribution >= 0.6 is 0 Å². The lowest BCUT2D eigenvalue weighted by Gasteiger charge is -2.31. The van der Waals surface area contributed by atoms with E-state index >= 15 is 0 Å². The second kappa shape index (κ2) is 8.88. The lowest BCUT2D eigenvalue weighted by Crippen LogP contribution is -2.50. The van der Waals surface area contributed by atoms with Gasteiger partial charge in [-0.15, -0.1) is 0 Å². The Balaban J connectivity index is 4.22. The maximum Gasteiger partial charge on any atom is 0.305 e. The topological polar surface area (TPSA) is 84.9 Å². The van der Waals surface area contributed by atoms with Crippen LogP contribution in [0.5, 0.6) is 0 Å². The van der Waals surface area contributed by atoms with Crippen molar-refractivity contribution < 1.29 is 24.2 Å². The van der Waals surface area contributed by atoms with Gasteiger partial charge < -0.3 is 19.9 Å². The second-order valence-corrected chi connectivity index (χ2v) is 4.15. The fourth-order valence-electron chi connectivity index (χ4n) is 1.65. The molecule has 0 fully saturated rings. The molecular formula is C12H23NO5. The Bertz CT molecular complexity index is 263. The van der Waals surface area contributed by atoms with Gasteiger partial charge in [-0.25, -0.2) is 0 Å². The van der Waals surface area contributed by atoms with E-state index in [0.29, 0.717) is 26.1 Å². The highest BCUT2D eigenvalue weighted by atomic mass is 16.5. The van der Waals surface area contributed by atoms with Gasteiger partial charge in [-0.05, 0) is 12.8 Å². The van der Waals surface area contributed by atoms with Crippen LogP contribution in [0.25, 0.3) is 0 Å². The van der Waals surface area contributed by atoms with E-state index in [2.05, 4.69) is 5.32 Å². The lowest BCUT2D eigenvalue weighted by molar-refractivity contribution is -0.139. The molecule has 0 rings (SSSR count). The van der Waals surface area contributed by atoms with Gasteiger partial charge in [0.15, 0.2) is 0 Å². The maximum absolute atomic E-state index is 11.7. The number of carbonyl (C=O) groups is 2. The number of amides is 1. The van der Waals surface area contributed by atoms with Crippen LogP contribution in [0.15, 0.2) is 0 Å². The average molecular weight is 261 g/mol. The summed E-state index contributed by atoms with van der Waals surface area (Å²) >= 11 is 0. The molecule has 6 nitrogen and oxygen atoms in total. The number of ether oxygens (including phenoxy) is 2. The minimum Gasteiger partial charge on any atom is -0.481 e. The summed E-state index contributed by atoms with van der Waals surface area (Å²) in [5.41, 5.74) is -0.687. The summed E-state index contributed by atoms with van der Waals surface area (Å²) in [6, 6.07) is 0. The highest BCUT2D eigenvalue weighted by molar-refractivity contribution is 5.79. The van der Waals surface area contributed by atoms with Crippen molar-refractivity contribution in [2.45, 2.75) is 38.6 Å². The Labute approximate surface area is 108 Å². The van der Waals surface area contributed by atoms with E-state index in [1.807, 2.05) is 13.8 Å². The summed E-state index contributed by atoms with van der Waals surface area (Å²) in [6.45, 7) is 4.41. The van der Waals surface area contributed by atoms with Crippen molar-refractivity contribution in [3.63, 3.8) is 0 Å². The summed E-state index contributed by atoms with van der Waals surface area (Å²) in [6.07, 6.45) is 1.06. The number of rotatable bonds is 10. The van der Waals surface area contributed by atoms with Crippen LogP contribution in [-0.2, 0) is 19.1 Å². The molecule has 0 saturated heterocycles. The lowest BCUT2D eigenvalue weighted by atomic mass is 9.89. The molecule has 106 valence electrons. The third kappa shape index (κ3) is 6.56. The van der Waals surface area contributed by atoms with Gasteiger partial charge in [-0.2, -0.15) is 0 Å². The van der Waals surface area contributed by atoms with Gasteiger partial charge in [0, 0.05) is 7.11 Å². The monoisotopic (exact) mass is 261 g/mol. The number of carboxylic acid groups (broad SMARTS) is 1. The van der Waals surface area contributed by atoms with Crippen LogP contribution < -0.4 is 5.32 Å². The molecule has 0 saturated carbocycles. The Morgan fingerprint density at radius 3 is 2.28 bits per heavy atom. The van der Waals surface area contributed by atoms with Crippen molar-refractivity contribution >= 4 is 11.9 Å². The molecule has 0 atom stereocenters. The van der Waals surface area contributed by atoms with E-state index in [1.54, 1.807) is 7.11 Å². The van der Waals surface area contributed by atoms with Crippen molar-refractivity contribution in [1.29, 1.82) is 0 Å². The third-order valence-electron chi connectivity index (χ3n) is 2.91. The maximum atomic E-state index is 11.7. The van der Waals surface area contributed by atoms with Gasteiger partial charge >= 0.3 is 5.97 Å². The largest absolute Gasteiger partial charge is 0.481 e. The standard InChI is InChI=1S/C12H23NO5/c1-4-12(5-2,8-11(15)16)13-10(14)9-18-7-6-17-3/h4-9H2,1-3H3,(H,13,14)(H,15,16). The quantitative estimate of drug-likeness (QED) is 0.568. The van der Waals surface area contributed by atoms with E-state index in [9.17, 15) is 9.59 Å². The van der Waals surface area contributed by atoms with Gasteiger partial charge in [-0.1, -0.05) is 13.8 Å². The smallest absolute Gasteiger partial charge is 0.305 e. The van der Waals surface area contributed by atoms with E-state index in [1.165, 1.54) is 0 Å². The summed E-state index contributed by atoms with van der Waals surface area (Å²) < 4.78 is 9.88. The number of carboxylic acids is 1. The van der Waals surface area contributed by atoms with Crippen molar-refractivity contribution in [2.24, 2.45) is 0 Å². The Hall–Kier alpha value is -1.14. The predicted octanol–water partition coefficient (Wildman–Crippen LogP) is 0.799. The molecule has 0 aromatic carbocycles. The molecular weight excluding hydrogens is 238 g/mol. The minimum absolute atomic E-state index is 0.0786. The van der Waals surface area contributed by atoms with E-state index in [-0.39, 0.29) is 18.9 Å². The van der Waals surface area contributed by atoms with Crippen LogP contribution in [0.4, 0.5) is 0 Å². The van der Waals surface area contributed by atoms with E-state index in [4.69, 9.17) is 14.6 Å². The fraction of sp³-hybridized carbons (Fsp3) is 0.833. The zero-order chi connectivity index (χ0) is 14.0. The van der Waals surface area contributed by atoms with Gasteiger partial charge in [0.25, 0.3) is 0 Å². The normalized spacial score (nSPS) is 11.3. The number of hydrogen-bond acceptors (Lipinski definition) is 4. The number of hydrogen-bond donors (Lipinski definition) is 2. The van der Waals surface area contributed by atoms with Crippen molar-refractivity contribution in [2.75, 3.05) is 26.9 Å². The van der Waals surface area contributed by atoms with Crippen LogP contribution in [0, 0.1) is 0 Å². The molecule has 0 aliphatic rings. The molecule has 1 amide bonds.